The molecule has 2 rings (SSSR count). The number of nitrogens with one attached hydrogen (secondary N) is 1. The van der Waals surface area contributed by atoms with E-state index < -0.39 is 12.0 Å². The molecule has 1 N–H and O–H groups in total. The first-order chi connectivity index (χ1) is 9.68. The standard InChI is InChI=1S/C12H12ClF3N4O/c1-5(10-6(2)20-21-7(10)3)17-9-4-8(13)18-11(19-9)12(14,15)16/h4-5H,1-3H3,(H,17,18,19). The average molecular weight is 321 g/mol. The topological polar surface area (TPSA) is 63.8 Å². The molecule has 0 radical (unpaired) electrons. The number of hydrogen-bond acceptors (Lipinski definition) is 5. The number of aryl methyl sites for hydroxylation is 2. The van der Waals surface area contributed by atoms with Crippen molar-refractivity contribution in [2.24, 2.45) is 0 Å². The molecule has 1 atom stereocenters. The third-order valence-corrected chi connectivity index (χ3v) is 3.03. The van der Waals surface area contributed by atoms with Gasteiger partial charge in [0, 0.05) is 11.6 Å². The molecule has 2 aromatic heterocycles. The Morgan fingerprint density at radius 1 is 1.29 bits per heavy atom. The van der Waals surface area contributed by atoms with Crippen molar-refractivity contribution in [3.8, 4) is 0 Å². The predicted molar refractivity (Wildman–Crippen MR) is 70.1 cm³/mol. The molecule has 1 unspecified atom stereocenters. The summed E-state index contributed by atoms with van der Waals surface area (Å²) >= 11 is 5.60. The zero-order valence-corrected chi connectivity index (χ0v) is 12.2. The molecule has 2 heterocycles. The van der Waals surface area contributed by atoms with Crippen LogP contribution in [0.15, 0.2) is 10.6 Å². The van der Waals surface area contributed by atoms with Gasteiger partial charge in [0.1, 0.15) is 16.7 Å². The highest BCUT2D eigenvalue weighted by Gasteiger charge is 2.35. The molecule has 0 aromatic carbocycles. The van der Waals surface area contributed by atoms with Gasteiger partial charge in [-0.15, -0.1) is 0 Å². The van der Waals surface area contributed by atoms with Gasteiger partial charge in [-0.3, -0.25) is 0 Å². The first-order valence-electron chi connectivity index (χ1n) is 5.99. The van der Waals surface area contributed by atoms with Crippen LogP contribution in [0, 0.1) is 13.8 Å². The fourth-order valence-corrected chi connectivity index (χ4v) is 2.20. The Balaban J connectivity index is 2.30. The minimum Gasteiger partial charge on any atom is -0.363 e. The van der Waals surface area contributed by atoms with Gasteiger partial charge in [0.05, 0.1) is 11.7 Å². The highest BCUT2D eigenvalue weighted by molar-refractivity contribution is 6.29. The Labute approximate surface area is 123 Å². The molecule has 0 spiro atoms. The minimum absolute atomic E-state index is 0.0187. The Hall–Kier alpha value is -1.83. The SMILES string of the molecule is Cc1noc(C)c1C(C)Nc1cc(Cl)nc(C(F)(F)F)n1. The van der Waals surface area contributed by atoms with Gasteiger partial charge in [-0.05, 0) is 20.8 Å². The van der Waals surface area contributed by atoms with E-state index in [1.54, 1.807) is 20.8 Å². The first kappa shape index (κ1) is 15.6. The molecule has 0 bridgehead atoms. The van der Waals surface area contributed by atoms with E-state index in [1.807, 2.05) is 0 Å². The van der Waals surface area contributed by atoms with E-state index in [4.69, 9.17) is 16.1 Å². The van der Waals surface area contributed by atoms with Gasteiger partial charge < -0.3 is 9.84 Å². The maximum atomic E-state index is 12.7. The van der Waals surface area contributed by atoms with Crippen molar-refractivity contribution in [3.63, 3.8) is 0 Å². The van der Waals surface area contributed by atoms with Gasteiger partial charge in [0.2, 0.25) is 5.82 Å². The van der Waals surface area contributed by atoms with Crippen LogP contribution >= 0.6 is 11.6 Å². The van der Waals surface area contributed by atoms with Crippen molar-refractivity contribution in [2.45, 2.75) is 33.0 Å². The van der Waals surface area contributed by atoms with E-state index in [2.05, 4.69) is 20.4 Å². The van der Waals surface area contributed by atoms with Gasteiger partial charge in [-0.1, -0.05) is 16.8 Å². The second-order valence-electron chi connectivity index (χ2n) is 4.50. The normalized spacial score (nSPS) is 13.3. The van der Waals surface area contributed by atoms with Crippen molar-refractivity contribution in [1.82, 2.24) is 15.1 Å². The van der Waals surface area contributed by atoms with Crippen molar-refractivity contribution >= 4 is 17.4 Å². The predicted octanol–water partition coefficient (Wildman–Crippen LogP) is 3.93. The Morgan fingerprint density at radius 2 is 1.95 bits per heavy atom. The van der Waals surface area contributed by atoms with Crippen LogP contribution in [-0.2, 0) is 6.18 Å². The zero-order valence-electron chi connectivity index (χ0n) is 11.4. The molecule has 0 saturated carbocycles. The summed E-state index contributed by atoms with van der Waals surface area (Å²) in [6.45, 7) is 5.23. The number of anilines is 1. The van der Waals surface area contributed by atoms with Crippen LogP contribution in [0.25, 0.3) is 0 Å². The van der Waals surface area contributed by atoms with Gasteiger partial charge in [-0.2, -0.15) is 13.2 Å². The quantitative estimate of drug-likeness (QED) is 0.868. The van der Waals surface area contributed by atoms with Crippen molar-refractivity contribution in [3.05, 3.63) is 34.1 Å². The smallest absolute Gasteiger partial charge is 0.363 e. The summed E-state index contributed by atoms with van der Waals surface area (Å²) in [7, 11) is 0. The monoisotopic (exact) mass is 320 g/mol. The second-order valence-corrected chi connectivity index (χ2v) is 4.89. The fraction of sp³-hybridized carbons (Fsp3) is 0.417. The van der Waals surface area contributed by atoms with Crippen LogP contribution in [0.3, 0.4) is 0 Å². The van der Waals surface area contributed by atoms with E-state index in [0.29, 0.717) is 11.5 Å². The molecule has 21 heavy (non-hydrogen) atoms. The summed E-state index contributed by atoms with van der Waals surface area (Å²) in [5.74, 6) is -0.720. The van der Waals surface area contributed by atoms with Crippen LogP contribution in [0.4, 0.5) is 19.0 Å². The van der Waals surface area contributed by atoms with E-state index in [-0.39, 0.29) is 17.0 Å². The Bertz CT molecular complexity index is 637. The Kier molecular flexibility index (Phi) is 4.08. The molecule has 0 aliphatic heterocycles. The lowest BCUT2D eigenvalue weighted by atomic mass is 10.1. The highest BCUT2D eigenvalue weighted by Crippen LogP contribution is 2.30. The third kappa shape index (κ3) is 3.44. The molecular weight excluding hydrogens is 309 g/mol. The summed E-state index contributed by atoms with van der Waals surface area (Å²) in [4.78, 5) is 6.60. The molecule has 0 aliphatic carbocycles. The molecule has 9 heteroatoms. The van der Waals surface area contributed by atoms with Crippen LogP contribution in [0.2, 0.25) is 5.15 Å². The summed E-state index contributed by atoms with van der Waals surface area (Å²) in [5, 5.41) is 6.36. The van der Waals surface area contributed by atoms with E-state index in [9.17, 15) is 13.2 Å². The fourth-order valence-electron chi connectivity index (χ4n) is 2.02. The van der Waals surface area contributed by atoms with Crippen LogP contribution in [0.1, 0.15) is 35.8 Å². The summed E-state index contributed by atoms with van der Waals surface area (Å²) in [6, 6.07) is 0.883. The van der Waals surface area contributed by atoms with Crippen LogP contribution in [0.5, 0.6) is 0 Å². The van der Waals surface area contributed by atoms with Crippen LogP contribution < -0.4 is 5.32 Å². The molecule has 2 aromatic rings. The number of alkyl halides is 3. The van der Waals surface area contributed by atoms with Gasteiger partial charge in [0.15, 0.2) is 0 Å². The number of nitrogens with zero attached hydrogens (tertiary/aromatic N) is 3. The zero-order chi connectivity index (χ0) is 15.8. The molecule has 0 amide bonds. The maximum absolute atomic E-state index is 12.7. The number of halogens is 4. The second kappa shape index (κ2) is 5.51. The molecule has 0 aliphatic rings. The van der Waals surface area contributed by atoms with Gasteiger partial charge in [0.25, 0.3) is 0 Å². The Morgan fingerprint density at radius 3 is 2.48 bits per heavy atom. The van der Waals surface area contributed by atoms with Gasteiger partial charge >= 0.3 is 6.18 Å². The minimum atomic E-state index is -4.66. The third-order valence-electron chi connectivity index (χ3n) is 2.83. The van der Waals surface area contributed by atoms with Crippen molar-refractivity contribution < 1.29 is 17.7 Å². The summed E-state index contributed by atoms with van der Waals surface area (Å²) < 4.78 is 43.0. The molecule has 114 valence electrons. The van der Waals surface area contributed by atoms with Crippen molar-refractivity contribution in [1.29, 1.82) is 0 Å². The number of hydrogen-bond donors (Lipinski definition) is 1. The number of aromatic nitrogens is 3. The summed E-state index contributed by atoms with van der Waals surface area (Å²) in [5.41, 5.74) is 1.42. The average Bonchev–Trinajstić information content (AvgIpc) is 2.67. The largest absolute Gasteiger partial charge is 0.451 e. The van der Waals surface area contributed by atoms with E-state index in [1.165, 1.54) is 6.07 Å². The lowest BCUT2D eigenvalue weighted by Crippen LogP contribution is -2.15. The maximum Gasteiger partial charge on any atom is 0.451 e. The van der Waals surface area contributed by atoms with Crippen LogP contribution in [-0.4, -0.2) is 15.1 Å². The van der Waals surface area contributed by atoms with Gasteiger partial charge in [-0.25, -0.2) is 9.97 Å². The van der Waals surface area contributed by atoms with E-state index in [0.717, 1.165) is 5.56 Å². The lowest BCUT2D eigenvalue weighted by molar-refractivity contribution is -0.144. The van der Waals surface area contributed by atoms with Crippen molar-refractivity contribution in [2.75, 3.05) is 5.32 Å². The van der Waals surface area contributed by atoms with E-state index >= 15 is 0 Å². The molecular formula is C12H12ClF3N4O. The molecule has 5 nitrogen and oxygen atoms in total. The lowest BCUT2D eigenvalue weighted by Gasteiger charge is -2.15. The first-order valence-corrected chi connectivity index (χ1v) is 6.37. The molecule has 0 saturated heterocycles. The number of rotatable bonds is 3. The summed E-state index contributed by atoms with van der Waals surface area (Å²) in [6.07, 6.45) is -4.66. The highest BCUT2D eigenvalue weighted by atomic mass is 35.5. The molecule has 0 fully saturated rings.